The fourth-order valence-electron chi connectivity index (χ4n) is 4.82. The lowest BCUT2D eigenvalue weighted by Gasteiger charge is -2.41. The lowest BCUT2D eigenvalue weighted by Crippen LogP contribution is -2.52. The highest BCUT2D eigenvalue weighted by molar-refractivity contribution is 7.99. The van der Waals surface area contributed by atoms with Crippen molar-refractivity contribution in [2.24, 2.45) is 0 Å². The highest BCUT2D eigenvalue weighted by Crippen LogP contribution is 2.28. The third kappa shape index (κ3) is 4.70. The number of nitrogens with zero attached hydrogens (tertiary/aromatic N) is 5. The zero-order valence-electron chi connectivity index (χ0n) is 18.6. The van der Waals surface area contributed by atoms with Crippen LogP contribution in [0.1, 0.15) is 13.3 Å². The molecule has 4 rings (SSSR count). The largest absolute Gasteiger partial charge is 0.356 e. The van der Waals surface area contributed by atoms with E-state index in [1.165, 1.54) is 0 Å². The van der Waals surface area contributed by atoms with E-state index in [1.807, 2.05) is 23.1 Å². The van der Waals surface area contributed by atoms with E-state index in [1.54, 1.807) is 23.6 Å². The van der Waals surface area contributed by atoms with Crippen molar-refractivity contribution < 1.29 is 9.59 Å². The average Bonchev–Trinajstić information content (AvgIpc) is 3.49. The number of benzene rings is 1. The number of amides is 2. The number of carbonyl (C=O) groups excluding carboxylic acids is 2. The molecule has 0 saturated carbocycles. The van der Waals surface area contributed by atoms with Crippen LogP contribution in [0.5, 0.6) is 0 Å². The van der Waals surface area contributed by atoms with Crippen LogP contribution in [0, 0.1) is 0 Å². The molecule has 2 atom stereocenters. The van der Waals surface area contributed by atoms with Crippen molar-refractivity contribution in [2.45, 2.75) is 25.4 Å². The number of para-hydroxylation sites is 1. The van der Waals surface area contributed by atoms with Gasteiger partial charge in [-0.25, -0.2) is 0 Å². The molecule has 3 aliphatic heterocycles. The number of hydrogen-bond donors (Lipinski definition) is 0. The SMILES string of the molecule is C=C(N1CCN(C2CC(C(=O)N3CCSC3)N(C(C)=O)C2)CC1)N(C)c1ccccc1. The molecular formula is C23H33N5O2S. The highest BCUT2D eigenvalue weighted by Gasteiger charge is 2.43. The first-order chi connectivity index (χ1) is 15.0. The van der Waals surface area contributed by atoms with Gasteiger partial charge >= 0.3 is 0 Å². The van der Waals surface area contributed by atoms with Gasteiger partial charge in [-0.1, -0.05) is 24.8 Å². The summed E-state index contributed by atoms with van der Waals surface area (Å²) in [6.45, 7) is 11.0. The van der Waals surface area contributed by atoms with Crippen LogP contribution in [0.3, 0.4) is 0 Å². The Morgan fingerprint density at radius 2 is 1.77 bits per heavy atom. The quantitative estimate of drug-likeness (QED) is 0.691. The van der Waals surface area contributed by atoms with E-state index in [4.69, 9.17) is 0 Å². The Kier molecular flexibility index (Phi) is 6.77. The average molecular weight is 444 g/mol. The number of carbonyl (C=O) groups is 2. The predicted molar refractivity (Wildman–Crippen MR) is 126 cm³/mol. The van der Waals surface area contributed by atoms with Crippen molar-refractivity contribution in [2.75, 3.05) is 62.8 Å². The normalized spacial score (nSPS) is 24.5. The first-order valence-corrected chi connectivity index (χ1v) is 12.2. The van der Waals surface area contributed by atoms with Crippen LogP contribution in [0.2, 0.25) is 0 Å². The molecule has 8 heteroatoms. The number of hydrogen-bond acceptors (Lipinski definition) is 6. The molecule has 3 aliphatic rings. The second kappa shape index (κ2) is 9.53. The summed E-state index contributed by atoms with van der Waals surface area (Å²) in [7, 11) is 2.05. The molecule has 0 bridgehead atoms. The molecule has 0 spiro atoms. The second-order valence-corrected chi connectivity index (χ2v) is 9.62. The van der Waals surface area contributed by atoms with Gasteiger partial charge in [0.15, 0.2) is 0 Å². The molecule has 2 amide bonds. The molecule has 3 fully saturated rings. The van der Waals surface area contributed by atoms with Gasteiger partial charge in [0.2, 0.25) is 11.8 Å². The molecule has 7 nitrogen and oxygen atoms in total. The smallest absolute Gasteiger partial charge is 0.246 e. The van der Waals surface area contributed by atoms with Crippen LogP contribution in [-0.4, -0.2) is 101 Å². The van der Waals surface area contributed by atoms with Gasteiger partial charge in [0, 0.05) is 70.7 Å². The van der Waals surface area contributed by atoms with E-state index in [0.717, 1.165) is 62.3 Å². The van der Waals surface area contributed by atoms with Gasteiger partial charge in [-0.15, -0.1) is 11.8 Å². The van der Waals surface area contributed by atoms with Gasteiger partial charge in [-0.05, 0) is 18.6 Å². The Morgan fingerprint density at radius 1 is 1.06 bits per heavy atom. The summed E-state index contributed by atoms with van der Waals surface area (Å²) in [6, 6.07) is 10.2. The number of anilines is 1. The topological polar surface area (TPSA) is 50.3 Å². The molecule has 3 heterocycles. The summed E-state index contributed by atoms with van der Waals surface area (Å²) < 4.78 is 0. The van der Waals surface area contributed by atoms with Crippen molar-refractivity contribution >= 4 is 29.3 Å². The van der Waals surface area contributed by atoms with Crippen molar-refractivity contribution in [3.63, 3.8) is 0 Å². The molecule has 0 aliphatic carbocycles. The Hall–Kier alpha value is -2.19. The third-order valence-electron chi connectivity index (χ3n) is 6.76. The number of rotatable bonds is 5. The summed E-state index contributed by atoms with van der Waals surface area (Å²) in [6.07, 6.45) is 0.741. The van der Waals surface area contributed by atoms with Crippen LogP contribution in [0.4, 0.5) is 5.69 Å². The van der Waals surface area contributed by atoms with Crippen molar-refractivity contribution in [3.05, 3.63) is 42.7 Å². The van der Waals surface area contributed by atoms with Crippen molar-refractivity contribution in [1.82, 2.24) is 19.6 Å². The van der Waals surface area contributed by atoms with E-state index in [0.29, 0.717) is 6.54 Å². The summed E-state index contributed by atoms with van der Waals surface area (Å²) in [5, 5.41) is 0. The molecule has 1 aromatic rings. The van der Waals surface area contributed by atoms with Crippen LogP contribution < -0.4 is 4.90 Å². The van der Waals surface area contributed by atoms with E-state index < -0.39 is 0 Å². The molecule has 3 saturated heterocycles. The monoisotopic (exact) mass is 443 g/mol. The molecule has 2 unspecified atom stereocenters. The Labute approximate surface area is 189 Å². The summed E-state index contributed by atoms with van der Waals surface area (Å²) in [4.78, 5) is 35.9. The zero-order valence-corrected chi connectivity index (χ0v) is 19.4. The molecule has 0 radical (unpaired) electrons. The van der Waals surface area contributed by atoms with Gasteiger partial charge in [0.25, 0.3) is 0 Å². The number of thioether (sulfide) groups is 1. The Balaban J connectivity index is 1.34. The minimum Gasteiger partial charge on any atom is -0.356 e. The molecule has 1 aromatic carbocycles. The molecular weight excluding hydrogens is 410 g/mol. The van der Waals surface area contributed by atoms with Crippen molar-refractivity contribution in [3.8, 4) is 0 Å². The maximum atomic E-state index is 13.0. The van der Waals surface area contributed by atoms with E-state index in [-0.39, 0.29) is 23.9 Å². The second-order valence-electron chi connectivity index (χ2n) is 8.55. The van der Waals surface area contributed by atoms with Crippen LogP contribution in [0.25, 0.3) is 0 Å². The third-order valence-corrected chi connectivity index (χ3v) is 7.72. The van der Waals surface area contributed by atoms with Gasteiger partial charge < -0.3 is 19.6 Å². The number of likely N-dealkylation sites (tertiary alicyclic amines) is 1. The van der Waals surface area contributed by atoms with Gasteiger partial charge in [-0.2, -0.15) is 0 Å². The van der Waals surface area contributed by atoms with Crippen LogP contribution >= 0.6 is 11.8 Å². The maximum Gasteiger partial charge on any atom is 0.246 e. The first kappa shape index (κ1) is 22.0. The predicted octanol–water partition coefficient (Wildman–Crippen LogP) is 1.73. The fourth-order valence-corrected chi connectivity index (χ4v) is 5.77. The van der Waals surface area contributed by atoms with Crippen LogP contribution in [-0.2, 0) is 9.59 Å². The summed E-state index contributed by atoms with van der Waals surface area (Å²) in [5.41, 5.74) is 1.13. The molecule has 168 valence electrons. The highest BCUT2D eigenvalue weighted by atomic mass is 32.2. The van der Waals surface area contributed by atoms with E-state index in [2.05, 4.69) is 40.5 Å². The number of piperazine rings is 1. The minimum absolute atomic E-state index is 0.00389. The first-order valence-electron chi connectivity index (χ1n) is 11.1. The molecule has 0 N–H and O–H groups in total. The minimum atomic E-state index is -0.307. The maximum absolute atomic E-state index is 13.0. The summed E-state index contributed by atoms with van der Waals surface area (Å²) in [5.74, 6) is 2.87. The van der Waals surface area contributed by atoms with Crippen molar-refractivity contribution in [1.29, 1.82) is 0 Å². The van der Waals surface area contributed by atoms with E-state index in [9.17, 15) is 9.59 Å². The van der Waals surface area contributed by atoms with Crippen LogP contribution in [0.15, 0.2) is 42.7 Å². The summed E-state index contributed by atoms with van der Waals surface area (Å²) >= 11 is 1.78. The molecule has 0 aromatic heterocycles. The Morgan fingerprint density at radius 3 is 2.39 bits per heavy atom. The Bertz CT molecular complexity index is 805. The van der Waals surface area contributed by atoms with Gasteiger partial charge in [0.1, 0.15) is 11.9 Å². The molecule has 31 heavy (non-hydrogen) atoms. The fraction of sp³-hybridized carbons (Fsp3) is 0.565. The standard InChI is InChI=1S/C23H33N5O2S/c1-18(24(3)20-7-5-4-6-8-20)25-9-11-26(12-10-25)21-15-22(28(16-21)19(2)29)23(30)27-13-14-31-17-27/h4-8,21-22H,1,9-17H2,2-3H3. The lowest BCUT2D eigenvalue weighted by atomic mass is 10.1. The van der Waals surface area contributed by atoms with Gasteiger partial charge in [0.05, 0.1) is 5.88 Å². The van der Waals surface area contributed by atoms with Gasteiger partial charge in [-0.3, -0.25) is 14.5 Å². The lowest BCUT2D eigenvalue weighted by molar-refractivity contribution is -0.141. The zero-order chi connectivity index (χ0) is 22.0. The van der Waals surface area contributed by atoms with E-state index >= 15 is 0 Å².